The maximum absolute atomic E-state index is 11.5. The van der Waals surface area contributed by atoms with Crippen LogP contribution in [0.15, 0.2) is 12.1 Å². The topological polar surface area (TPSA) is 72.3 Å². The maximum Gasteiger partial charge on any atom is 0.306 e. The predicted molar refractivity (Wildman–Crippen MR) is 73.3 cm³/mol. The number of phenols is 1. The number of fused-ring (bicyclic) bond motifs is 1. The van der Waals surface area contributed by atoms with E-state index in [1.165, 1.54) is 7.11 Å². The average Bonchev–Trinajstić information content (AvgIpc) is 2.84. The molecule has 102 valence electrons. The Morgan fingerprint density at radius 3 is 2.79 bits per heavy atom. The van der Waals surface area contributed by atoms with E-state index in [1.54, 1.807) is 12.1 Å². The van der Waals surface area contributed by atoms with Crippen LogP contribution in [0.1, 0.15) is 31.7 Å². The van der Waals surface area contributed by atoms with Gasteiger partial charge in [0.15, 0.2) is 0 Å². The molecule has 5 nitrogen and oxygen atoms in total. The number of carbonyl (C=O) groups excluding carboxylic acids is 1. The van der Waals surface area contributed by atoms with Gasteiger partial charge < -0.3 is 9.84 Å². The highest BCUT2D eigenvalue weighted by Crippen LogP contribution is 2.38. The Balaban J connectivity index is 2.52. The number of methoxy groups -OCH3 is 1. The zero-order valence-electron chi connectivity index (χ0n) is 11.1. The molecule has 2 rings (SSSR count). The molecular formula is C13H16N2O3S. The number of aromatic hydroxyl groups is 1. The summed E-state index contributed by atoms with van der Waals surface area (Å²) in [6.07, 6.45) is 0.221. The Labute approximate surface area is 115 Å². The zero-order chi connectivity index (χ0) is 14.0. The summed E-state index contributed by atoms with van der Waals surface area (Å²) >= 11 is 1.10. The van der Waals surface area contributed by atoms with E-state index in [-0.39, 0.29) is 30.0 Å². The predicted octanol–water partition coefficient (Wildman–Crippen LogP) is 2.70. The lowest BCUT2D eigenvalue weighted by Crippen LogP contribution is -2.14. The van der Waals surface area contributed by atoms with Gasteiger partial charge in [0.2, 0.25) is 0 Å². The number of hydrogen-bond acceptors (Lipinski definition) is 6. The van der Waals surface area contributed by atoms with Gasteiger partial charge in [-0.15, -0.1) is 0 Å². The molecule has 0 spiro atoms. The summed E-state index contributed by atoms with van der Waals surface area (Å²) in [6.45, 7) is 4.01. The third-order valence-electron chi connectivity index (χ3n) is 3.23. The summed E-state index contributed by atoms with van der Waals surface area (Å²) in [6, 6.07) is 3.33. The number of carbonyl (C=O) groups is 1. The van der Waals surface area contributed by atoms with Crippen LogP contribution in [0.3, 0.4) is 0 Å². The molecule has 0 aliphatic carbocycles. The van der Waals surface area contributed by atoms with E-state index in [0.717, 1.165) is 17.2 Å². The second kappa shape index (κ2) is 5.52. The first-order valence-corrected chi connectivity index (χ1v) is 6.78. The molecule has 1 atom stereocenters. The molecule has 0 saturated heterocycles. The lowest BCUT2D eigenvalue weighted by atomic mass is 9.84. The lowest BCUT2D eigenvalue weighted by Gasteiger charge is -2.21. The van der Waals surface area contributed by atoms with Gasteiger partial charge in [-0.05, 0) is 18.1 Å². The Morgan fingerprint density at radius 1 is 1.42 bits per heavy atom. The number of hydrogen-bond donors (Lipinski definition) is 1. The molecule has 2 aromatic rings. The van der Waals surface area contributed by atoms with Crippen molar-refractivity contribution in [1.82, 2.24) is 8.75 Å². The standard InChI is InChI=1S/C13H16N2O3S/c1-7(2)8(6-11(17)18-3)12-10(16)5-4-9-13(12)15-19-14-9/h4-5,7-8,16H,6H2,1-3H3/t8-/m1/s1. The summed E-state index contributed by atoms with van der Waals surface area (Å²) in [5.41, 5.74) is 2.10. The van der Waals surface area contributed by atoms with Gasteiger partial charge in [0.1, 0.15) is 16.8 Å². The van der Waals surface area contributed by atoms with Gasteiger partial charge in [0, 0.05) is 11.5 Å². The second-order valence-corrected chi connectivity index (χ2v) is 5.29. The molecule has 19 heavy (non-hydrogen) atoms. The first-order chi connectivity index (χ1) is 9.04. The average molecular weight is 280 g/mol. The number of nitrogens with zero attached hydrogens (tertiary/aromatic N) is 2. The number of phenolic OH excluding ortho intramolecular Hbond substituents is 1. The fraction of sp³-hybridized carbons (Fsp3) is 0.462. The second-order valence-electron chi connectivity index (χ2n) is 4.76. The van der Waals surface area contributed by atoms with E-state index in [1.807, 2.05) is 13.8 Å². The molecule has 1 heterocycles. The van der Waals surface area contributed by atoms with E-state index in [9.17, 15) is 9.90 Å². The lowest BCUT2D eigenvalue weighted by molar-refractivity contribution is -0.141. The zero-order valence-corrected chi connectivity index (χ0v) is 11.9. The van der Waals surface area contributed by atoms with Crippen molar-refractivity contribution in [3.8, 4) is 5.75 Å². The van der Waals surface area contributed by atoms with Gasteiger partial charge >= 0.3 is 5.97 Å². The highest BCUT2D eigenvalue weighted by Gasteiger charge is 2.26. The smallest absolute Gasteiger partial charge is 0.306 e. The fourth-order valence-corrected chi connectivity index (χ4v) is 2.71. The van der Waals surface area contributed by atoms with Crippen molar-refractivity contribution in [2.75, 3.05) is 7.11 Å². The van der Waals surface area contributed by atoms with Crippen molar-refractivity contribution >= 4 is 28.7 Å². The van der Waals surface area contributed by atoms with E-state index in [4.69, 9.17) is 4.74 Å². The SMILES string of the molecule is COC(=O)C[C@@H](c1c(O)ccc2nsnc12)C(C)C. The van der Waals surface area contributed by atoms with E-state index in [2.05, 4.69) is 8.75 Å². The molecule has 1 N–H and O–H groups in total. The van der Waals surface area contributed by atoms with E-state index < -0.39 is 0 Å². The van der Waals surface area contributed by atoms with Crippen molar-refractivity contribution in [3.05, 3.63) is 17.7 Å². The number of esters is 1. The van der Waals surface area contributed by atoms with Crippen molar-refractivity contribution in [1.29, 1.82) is 0 Å². The van der Waals surface area contributed by atoms with Gasteiger partial charge in [-0.25, -0.2) is 0 Å². The highest BCUT2D eigenvalue weighted by atomic mass is 32.1. The van der Waals surface area contributed by atoms with Crippen molar-refractivity contribution < 1.29 is 14.6 Å². The minimum atomic E-state index is -0.293. The quantitative estimate of drug-likeness (QED) is 0.872. The minimum absolute atomic E-state index is 0.139. The van der Waals surface area contributed by atoms with Gasteiger partial charge in [-0.1, -0.05) is 13.8 Å². The number of aromatic nitrogens is 2. The van der Waals surface area contributed by atoms with Gasteiger partial charge in [0.25, 0.3) is 0 Å². The number of benzene rings is 1. The number of ether oxygens (including phenoxy) is 1. The normalized spacial score (nSPS) is 12.8. The van der Waals surface area contributed by atoms with Gasteiger partial charge in [0.05, 0.1) is 25.3 Å². The Bertz CT molecular complexity index is 595. The van der Waals surface area contributed by atoms with Crippen LogP contribution in [0.5, 0.6) is 5.75 Å². The first-order valence-electron chi connectivity index (χ1n) is 6.05. The third kappa shape index (κ3) is 2.68. The van der Waals surface area contributed by atoms with Crippen LogP contribution >= 0.6 is 11.7 Å². The summed E-state index contributed by atoms with van der Waals surface area (Å²) in [7, 11) is 1.37. The Hall–Kier alpha value is -1.69. The minimum Gasteiger partial charge on any atom is -0.508 e. The van der Waals surface area contributed by atoms with Crippen molar-refractivity contribution in [2.24, 2.45) is 5.92 Å². The summed E-state index contributed by atoms with van der Waals surface area (Å²) in [4.78, 5) is 11.5. The molecule has 0 radical (unpaired) electrons. The van der Waals surface area contributed by atoms with Crippen LogP contribution < -0.4 is 0 Å². The summed E-state index contributed by atoms with van der Waals surface area (Å²) in [5.74, 6) is -0.0987. The van der Waals surface area contributed by atoms with E-state index >= 15 is 0 Å². The Kier molecular flexibility index (Phi) is 3.99. The van der Waals surface area contributed by atoms with Gasteiger partial charge in [-0.2, -0.15) is 8.75 Å². The van der Waals surface area contributed by atoms with Crippen LogP contribution in [0.25, 0.3) is 11.0 Å². The van der Waals surface area contributed by atoms with Crippen LogP contribution in [-0.4, -0.2) is 26.9 Å². The molecule has 1 aromatic carbocycles. The molecule has 0 unspecified atom stereocenters. The van der Waals surface area contributed by atoms with Crippen LogP contribution in [0.2, 0.25) is 0 Å². The third-order valence-corrected chi connectivity index (χ3v) is 3.78. The van der Waals surface area contributed by atoms with E-state index in [0.29, 0.717) is 11.1 Å². The molecule has 0 amide bonds. The van der Waals surface area contributed by atoms with Gasteiger partial charge in [-0.3, -0.25) is 4.79 Å². The molecule has 0 aliphatic heterocycles. The molecule has 0 saturated carbocycles. The largest absolute Gasteiger partial charge is 0.508 e. The summed E-state index contributed by atoms with van der Waals surface area (Å²) in [5, 5.41) is 10.1. The highest BCUT2D eigenvalue weighted by molar-refractivity contribution is 7.00. The molecule has 1 aromatic heterocycles. The molecule has 6 heteroatoms. The van der Waals surface area contributed by atoms with Crippen LogP contribution in [0.4, 0.5) is 0 Å². The van der Waals surface area contributed by atoms with Crippen molar-refractivity contribution in [3.63, 3.8) is 0 Å². The monoisotopic (exact) mass is 280 g/mol. The molecular weight excluding hydrogens is 264 g/mol. The molecule has 0 bridgehead atoms. The molecule has 0 aliphatic rings. The maximum atomic E-state index is 11.5. The van der Waals surface area contributed by atoms with Crippen molar-refractivity contribution in [2.45, 2.75) is 26.2 Å². The number of rotatable bonds is 4. The molecule has 0 fully saturated rings. The summed E-state index contributed by atoms with van der Waals surface area (Å²) < 4.78 is 13.1. The first kappa shape index (κ1) is 13.7. The Morgan fingerprint density at radius 2 is 2.16 bits per heavy atom. The van der Waals surface area contributed by atoms with Crippen LogP contribution in [0, 0.1) is 5.92 Å². The van der Waals surface area contributed by atoms with Crippen LogP contribution in [-0.2, 0) is 9.53 Å². The fourth-order valence-electron chi connectivity index (χ4n) is 2.16.